The van der Waals surface area contributed by atoms with Gasteiger partial charge in [0.15, 0.2) is 0 Å². The average molecular weight is 340 g/mol. The van der Waals surface area contributed by atoms with Crippen LogP contribution in [0.5, 0.6) is 0 Å². The Morgan fingerprint density at radius 3 is 1.81 bits per heavy atom. The van der Waals surface area contributed by atoms with Crippen molar-refractivity contribution >= 4 is 21.5 Å². The van der Waals surface area contributed by atoms with Gasteiger partial charge in [-0.25, -0.2) is 0 Å². The topological polar surface area (TPSA) is 0 Å². The molecule has 0 saturated heterocycles. The summed E-state index contributed by atoms with van der Waals surface area (Å²) in [6.07, 6.45) is 1.05. The van der Waals surface area contributed by atoms with E-state index in [9.17, 15) is 0 Å². The van der Waals surface area contributed by atoms with Gasteiger partial charge in [0.05, 0.1) is 0 Å². The van der Waals surface area contributed by atoms with Gasteiger partial charge in [-0.15, -0.1) is 0 Å². The van der Waals surface area contributed by atoms with E-state index in [0.29, 0.717) is 0 Å². The lowest BCUT2D eigenvalue weighted by atomic mass is 9.95. The minimum Gasteiger partial charge on any atom is -0.0619 e. The first-order valence-electron chi connectivity index (χ1n) is 9.58. The molecule has 0 aliphatic heterocycles. The maximum absolute atomic E-state index is 2.41. The van der Waals surface area contributed by atoms with E-state index in [2.05, 4.69) is 84.9 Å². The van der Waals surface area contributed by atoms with Gasteiger partial charge >= 0.3 is 0 Å². The summed E-state index contributed by atoms with van der Waals surface area (Å²) in [6.45, 7) is 0. The van der Waals surface area contributed by atoms with Crippen molar-refractivity contribution in [3.05, 3.63) is 96.1 Å². The molecule has 0 radical (unpaired) electrons. The zero-order valence-corrected chi connectivity index (χ0v) is 14.8. The summed E-state index contributed by atoms with van der Waals surface area (Å²) in [5.41, 5.74) is 11.2. The maximum atomic E-state index is 2.41. The van der Waals surface area contributed by atoms with Crippen LogP contribution < -0.4 is 0 Å². The Balaban J connectivity index is 1.56. The third-order valence-corrected chi connectivity index (χ3v) is 6.37. The molecular weight excluding hydrogens is 324 g/mol. The molecule has 0 atom stereocenters. The highest BCUT2D eigenvalue weighted by Gasteiger charge is 2.23. The van der Waals surface area contributed by atoms with Crippen molar-refractivity contribution in [3.8, 4) is 33.4 Å². The third-order valence-electron chi connectivity index (χ3n) is 6.37. The van der Waals surface area contributed by atoms with Crippen LogP contribution in [0.2, 0.25) is 0 Å². The second-order valence-electron chi connectivity index (χ2n) is 7.80. The highest BCUT2D eigenvalue weighted by molar-refractivity contribution is 6.17. The van der Waals surface area contributed by atoms with Gasteiger partial charge < -0.3 is 0 Å². The number of benzene rings is 5. The van der Waals surface area contributed by atoms with E-state index in [4.69, 9.17) is 0 Å². The molecule has 0 saturated carbocycles. The molecule has 0 nitrogen and oxygen atoms in total. The van der Waals surface area contributed by atoms with Crippen LogP contribution in [-0.4, -0.2) is 0 Å². The monoisotopic (exact) mass is 340 g/mol. The molecule has 0 heterocycles. The molecule has 27 heavy (non-hydrogen) atoms. The van der Waals surface area contributed by atoms with E-state index in [1.54, 1.807) is 0 Å². The van der Waals surface area contributed by atoms with Crippen LogP contribution in [-0.2, 0) is 6.42 Å². The molecular formula is C27H16. The van der Waals surface area contributed by atoms with Crippen LogP contribution in [0.4, 0.5) is 0 Å². The first-order chi connectivity index (χ1) is 13.4. The van der Waals surface area contributed by atoms with E-state index < -0.39 is 0 Å². The number of hydrogen-bond acceptors (Lipinski definition) is 0. The van der Waals surface area contributed by atoms with Crippen molar-refractivity contribution in [2.75, 3.05) is 0 Å². The summed E-state index contributed by atoms with van der Waals surface area (Å²) in [7, 11) is 0. The highest BCUT2D eigenvalue weighted by Crippen LogP contribution is 2.49. The molecule has 0 amide bonds. The van der Waals surface area contributed by atoms with Crippen LogP contribution in [0.15, 0.2) is 84.9 Å². The fraction of sp³-hybridized carbons (Fsp3) is 0.0370. The molecule has 2 aliphatic rings. The van der Waals surface area contributed by atoms with Crippen LogP contribution in [0.25, 0.3) is 54.9 Å². The van der Waals surface area contributed by atoms with Gasteiger partial charge in [-0.2, -0.15) is 0 Å². The molecule has 0 fully saturated rings. The molecule has 0 heteroatoms. The smallest absolute Gasteiger partial charge is 0.00132 e. The molecule has 2 aliphatic carbocycles. The van der Waals surface area contributed by atoms with Crippen LogP contribution in [0.1, 0.15) is 11.1 Å². The minimum absolute atomic E-state index is 1.05. The van der Waals surface area contributed by atoms with E-state index in [0.717, 1.165) is 6.42 Å². The van der Waals surface area contributed by atoms with Crippen molar-refractivity contribution in [1.82, 2.24) is 0 Å². The maximum Gasteiger partial charge on any atom is -0.00132 e. The number of fused-ring (bicyclic) bond motifs is 7. The van der Waals surface area contributed by atoms with Gasteiger partial charge in [0.25, 0.3) is 0 Å². The fourth-order valence-corrected chi connectivity index (χ4v) is 5.17. The van der Waals surface area contributed by atoms with Crippen molar-refractivity contribution in [2.24, 2.45) is 0 Å². The Bertz CT molecular complexity index is 1430. The Morgan fingerprint density at radius 1 is 0.407 bits per heavy atom. The number of hydrogen-bond donors (Lipinski definition) is 0. The summed E-state index contributed by atoms with van der Waals surface area (Å²) in [6, 6.07) is 31.8. The SMILES string of the molecule is c1ccc2c(c1)Cc1cc3cc4c(cc3cc1-2)-c1cccc2cccc-4c12. The highest BCUT2D eigenvalue weighted by atomic mass is 14.3. The molecule has 0 N–H and O–H groups in total. The van der Waals surface area contributed by atoms with E-state index in [-0.39, 0.29) is 0 Å². The van der Waals surface area contributed by atoms with E-state index in [1.165, 1.54) is 66.1 Å². The van der Waals surface area contributed by atoms with Gasteiger partial charge in [-0.05, 0) is 90.7 Å². The van der Waals surface area contributed by atoms with Crippen molar-refractivity contribution in [2.45, 2.75) is 6.42 Å². The largest absolute Gasteiger partial charge is 0.0619 e. The Morgan fingerprint density at radius 2 is 1.04 bits per heavy atom. The first kappa shape index (κ1) is 13.8. The van der Waals surface area contributed by atoms with Gasteiger partial charge in [0.2, 0.25) is 0 Å². The average Bonchev–Trinajstić information content (AvgIpc) is 3.22. The molecule has 5 aromatic rings. The van der Waals surface area contributed by atoms with Gasteiger partial charge in [-0.1, -0.05) is 66.7 Å². The lowest BCUT2D eigenvalue weighted by molar-refractivity contribution is 1.27. The minimum atomic E-state index is 1.05. The zero-order chi connectivity index (χ0) is 17.5. The van der Waals surface area contributed by atoms with E-state index >= 15 is 0 Å². The predicted molar refractivity (Wildman–Crippen MR) is 114 cm³/mol. The second kappa shape index (κ2) is 4.66. The molecule has 5 aromatic carbocycles. The summed E-state index contributed by atoms with van der Waals surface area (Å²) in [4.78, 5) is 0. The van der Waals surface area contributed by atoms with Crippen molar-refractivity contribution in [1.29, 1.82) is 0 Å². The van der Waals surface area contributed by atoms with Gasteiger partial charge in [-0.3, -0.25) is 0 Å². The molecule has 0 unspecified atom stereocenters. The summed E-state index contributed by atoms with van der Waals surface area (Å²) < 4.78 is 0. The molecule has 0 spiro atoms. The Labute approximate surface area is 157 Å². The normalized spacial score (nSPS) is 13.0. The summed E-state index contributed by atoms with van der Waals surface area (Å²) >= 11 is 0. The van der Waals surface area contributed by atoms with Crippen molar-refractivity contribution < 1.29 is 0 Å². The molecule has 7 rings (SSSR count). The van der Waals surface area contributed by atoms with Crippen LogP contribution in [0, 0.1) is 0 Å². The zero-order valence-electron chi connectivity index (χ0n) is 14.8. The third kappa shape index (κ3) is 1.68. The summed E-state index contributed by atoms with van der Waals surface area (Å²) in [5, 5.41) is 5.43. The van der Waals surface area contributed by atoms with Crippen LogP contribution in [0.3, 0.4) is 0 Å². The van der Waals surface area contributed by atoms with Gasteiger partial charge in [0.1, 0.15) is 0 Å². The van der Waals surface area contributed by atoms with Crippen LogP contribution >= 0.6 is 0 Å². The number of rotatable bonds is 0. The standard InChI is InChI=1S/C27H16/c1-2-8-21-17(5-1)11-20-12-18-14-25-22-9-3-6-16-7-4-10-23(27(16)22)26(25)15-19(18)13-24(20)21/h1-10,12-15H,11H2. The predicted octanol–water partition coefficient (Wildman–Crippen LogP) is 7.21. The quantitative estimate of drug-likeness (QED) is 0.273. The molecule has 124 valence electrons. The Kier molecular flexibility index (Phi) is 2.38. The lowest BCUT2D eigenvalue weighted by Gasteiger charge is -2.09. The fourth-order valence-electron chi connectivity index (χ4n) is 5.17. The first-order valence-corrected chi connectivity index (χ1v) is 9.58. The van der Waals surface area contributed by atoms with Gasteiger partial charge in [0, 0.05) is 0 Å². The van der Waals surface area contributed by atoms with Crippen molar-refractivity contribution in [3.63, 3.8) is 0 Å². The molecule has 0 aromatic heterocycles. The summed E-state index contributed by atoms with van der Waals surface area (Å²) in [5.74, 6) is 0. The Hall–Kier alpha value is -3.38. The lowest BCUT2D eigenvalue weighted by Crippen LogP contribution is -1.84. The molecule has 0 bridgehead atoms. The second-order valence-corrected chi connectivity index (χ2v) is 7.80. The van der Waals surface area contributed by atoms with E-state index in [1.807, 2.05) is 0 Å².